The molecule has 2 rings (SSSR count). The number of rotatable bonds is 5. The van der Waals surface area contributed by atoms with Crippen molar-refractivity contribution >= 4 is 12.2 Å². The standard InChI is InChI=1S/C19H26FN3/c1-14-5-7-16(8-6-14)17-12-22-18(23-13-17)21-11-15(2)9-10-19(3,4)20/h5-9,12,17H,10-11,13H2,1-4H3,(H,21,23)/b15-9+. The molecule has 1 N–H and O–H groups in total. The maximum Gasteiger partial charge on any atom is 0.217 e. The van der Waals surface area contributed by atoms with E-state index in [9.17, 15) is 4.39 Å². The van der Waals surface area contributed by atoms with Gasteiger partial charge in [0.05, 0.1) is 6.54 Å². The van der Waals surface area contributed by atoms with E-state index < -0.39 is 5.67 Å². The van der Waals surface area contributed by atoms with Crippen LogP contribution >= 0.6 is 0 Å². The molecule has 0 saturated heterocycles. The van der Waals surface area contributed by atoms with Gasteiger partial charge < -0.3 is 5.32 Å². The Kier molecular flexibility index (Phi) is 5.69. The van der Waals surface area contributed by atoms with E-state index in [1.165, 1.54) is 11.1 Å². The number of nitrogens with one attached hydrogen (secondary N) is 1. The first-order valence-electron chi connectivity index (χ1n) is 8.07. The van der Waals surface area contributed by atoms with Gasteiger partial charge in [-0.1, -0.05) is 41.5 Å². The van der Waals surface area contributed by atoms with Crippen LogP contribution in [0.15, 0.2) is 45.9 Å². The Morgan fingerprint density at radius 1 is 1.35 bits per heavy atom. The minimum absolute atomic E-state index is 0.241. The molecular formula is C19H26FN3. The van der Waals surface area contributed by atoms with Gasteiger partial charge in [-0.2, -0.15) is 0 Å². The van der Waals surface area contributed by atoms with Crippen LogP contribution in [0.2, 0.25) is 0 Å². The number of hydrogen-bond donors (Lipinski definition) is 1. The molecule has 0 fully saturated rings. The lowest BCUT2D eigenvalue weighted by Gasteiger charge is -2.16. The highest BCUT2D eigenvalue weighted by atomic mass is 19.1. The zero-order valence-corrected chi connectivity index (χ0v) is 14.4. The summed E-state index contributed by atoms with van der Waals surface area (Å²) in [5.74, 6) is 0.894. The molecule has 0 saturated carbocycles. The molecule has 0 spiro atoms. The monoisotopic (exact) mass is 315 g/mol. The van der Waals surface area contributed by atoms with Gasteiger partial charge in [0.15, 0.2) is 0 Å². The van der Waals surface area contributed by atoms with E-state index in [2.05, 4.69) is 46.5 Å². The van der Waals surface area contributed by atoms with Crippen molar-refractivity contribution in [1.82, 2.24) is 5.32 Å². The molecule has 1 aliphatic rings. The van der Waals surface area contributed by atoms with E-state index in [4.69, 9.17) is 0 Å². The Labute approximate surface area is 138 Å². The number of halogens is 1. The molecule has 1 aliphatic heterocycles. The van der Waals surface area contributed by atoms with Crippen molar-refractivity contribution in [2.75, 3.05) is 13.1 Å². The van der Waals surface area contributed by atoms with Crippen LogP contribution in [0.4, 0.5) is 4.39 Å². The third-order valence-corrected chi connectivity index (χ3v) is 3.78. The first-order valence-corrected chi connectivity index (χ1v) is 8.07. The van der Waals surface area contributed by atoms with Gasteiger partial charge in [-0.05, 0) is 39.7 Å². The summed E-state index contributed by atoms with van der Waals surface area (Å²) in [6.07, 6.45) is 4.30. The molecular weight excluding hydrogens is 289 g/mol. The fourth-order valence-corrected chi connectivity index (χ4v) is 2.25. The van der Waals surface area contributed by atoms with E-state index in [-0.39, 0.29) is 5.92 Å². The second-order valence-corrected chi connectivity index (χ2v) is 6.79. The molecule has 1 aromatic rings. The predicted molar refractivity (Wildman–Crippen MR) is 96.3 cm³/mol. The first-order chi connectivity index (χ1) is 10.8. The minimum Gasteiger partial charge on any atom is -0.351 e. The van der Waals surface area contributed by atoms with Crippen molar-refractivity contribution in [3.8, 4) is 0 Å². The van der Waals surface area contributed by atoms with E-state index in [0.717, 1.165) is 5.57 Å². The molecule has 0 amide bonds. The molecule has 0 aromatic heterocycles. The van der Waals surface area contributed by atoms with Crippen molar-refractivity contribution in [2.45, 2.75) is 45.7 Å². The molecule has 0 bridgehead atoms. The summed E-state index contributed by atoms with van der Waals surface area (Å²) < 4.78 is 13.5. The third kappa shape index (κ3) is 5.97. The van der Waals surface area contributed by atoms with Crippen LogP contribution in [0, 0.1) is 6.92 Å². The van der Waals surface area contributed by atoms with Gasteiger partial charge in [-0.15, -0.1) is 0 Å². The predicted octanol–water partition coefficient (Wildman–Crippen LogP) is 4.19. The maximum absolute atomic E-state index is 13.5. The first kappa shape index (κ1) is 17.4. The number of allylic oxidation sites excluding steroid dienone is 1. The summed E-state index contributed by atoms with van der Waals surface area (Å²) in [6, 6.07) is 8.49. The Balaban J connectivity index is 1.83. The summed E-state index contributed by atoms with van der Waals surface area (Å²) >= 11 is 0. The average Bonchev–Trinajstić information content (AvgIpc) is 2.51. The highest BCUT2D eigenvalue weighted by Crippen LogP contribution is 2.17. The molecule has 0 aliphatic carbocycles. The average molecular weight is 315 g/mol. The Morgan fingerprint density at radius 3 is 2.61 bits per heavy atom. The number of alkyl halides is 1. The smallest absolute Gasteiger partial charge is 0.217 e. The lowest BCUT2D eigenvalue weighted by Crippen LogP contribution is -2.27. The number of nitrogens with zero attached hydrogens (tertiary/aromatic N) is 2. The molecule has 1 unspecified atom stereocenters. The van der Waals surface area contributed by atoms with Gasteiger partial charge in [0.2, 0.25) is 5.96 Å². The molecule has 3 nitrogen and oxygen atoms in total. The SMILES string of the molecule is C/C(=C\CC(C)(C)F)CNC1=NCC(c2ccc(C)cc2)C=N1. The fraction of sp³-hybridized carbons (Fsp3) is 0.474. The van der Waals surface area contributed by atoms with Crippen molar-refractivity contribution in [2.24, 2.45) is 9.98 Å². The maximum atomic E-state index is 13.5. The molecule has 1 aromatic carbocycles. The van der Waals surface area contributed by atoms with Crippen molar-refractivity contribution in [3.05, 3.63) is 47.0 Å². The van der Waals surface area contributed by atoms with Gasteiger partial charge in [0.25, 0.3) is 0 Å². The second-order valence-electron chi connectivity index (χ2n) is 6.79. The molecule has 1 heterocycles. The Morgan fingerprint density at radius 2 is 2.04 bits per heavy atom. The van der Waals surface area contributed by atoms with Crippen molar-refractivity contribution in [1.29, 1.82) is 0 Å². The van der Waals surface area contributed by atoms with Crippen LogP contribution in [-0.2, 0) is 0 Å². The quantitative estimate of drug-likeness (QED) is 0.813. The number of hydrogen-bond acceptors (Lipinski definition) is 3. The Bertz CT molecular complexity index is 606. The Hall–Kier alpha value is -1.97. The topological polar surface area (TPSA) is 36.8 Å². The van der Waals surface area contributed by atoms with Crippen LogP contribution < -0.4 is 5.32 Å². The van der Waals surface area contributed by atoms with Crippen molar-refractivity contribution in [3.63, 3.8) is 0 Å². The second kappa shape index (κ2) is 7.53. The van der Waals surface area contributed by atoms with Gasteiger partial charge in [0.1, 0.15) is 5.67 Å². The van der Waals surface area contributed by atoms with Gasteiger partial charge in [0, 0.05) is 18.7 Å². The number of benzene rings is 1. The van der Waals surface area contributed by atoms with Crippen LogP contribution in [0.3, 0.4) is 0 Å². The highest BCUT2D eigenvalue weighted by Gasteiger charge is 2.14. The van der Waals surface area contributed by atoms with E-state index in [1.807, 2.05) is 19.2 Å². The summed E-state index contributed by atoms with van der Waals surface area (Å²) in [4.78, 5) is 8.90. The van der Waals surface area contributed by atoms with Gasteiger partial charge in [-0.25, -0.2) is 9.38 Å². The van der Waals surface area contributed by atoms with Crippen LogP contribution in [-0.4, -0.2) is 30.9 Å². The van der Waals surface area contributed by atoms with Gasteiger partial charge >= 0.3 is 0 Å². The lowest BCUT2D eigenvalue weighted by molar-refractivity contribution is 0.221. The molecule has 4 heteroatoms. The summed E-state index contributed by atoms with van der Waals surface area (Å²) in [5.41, 5.74) is 2.42. The molecule has 23 heavy (non-hydrogen) atoms. The van der Waals surface area contributed by atoms with Crippen LogP contribution in [0.5, 0.6) is 0 Å². The zero-order chi connectivity index (χ0) is 16.9. The summed E-state index contributed by atoms with van der Waals surface area (Å²) in [6.45, 7) is 8.59. The largest absolute Gasteiger partial charge is 0.351 e. The highest BCUT2D eigenvalue weighted by molar-refractivity contribution is 5.91. The van der Waals surface area contributed by atoms with Crippen molar-refractivity contribution < 1.29 is 4.39 Å². The van der Waals surface area contributed by atoms with E-state index in [1.54, 1.807) is 13.8 Å². The zero-order valence-electron chi connectivity index (χ0n) is 14.4. The summed E-state index contributed by atoms with van der Waals surface area (Å²) in [5, 5.41) is 3.20. The number of aliphatic imine (C=N–C) groups is 2. The normalized spacial score (nSPS) is 18.7. The van der Waals surface area contributed by atoms with Crippen LogP contribution in [0.1, 0.15) is 44.2 Å². The number of guanidine groups is 1. The molecule has 124 valence electrons. The third-order valence-electron chi connectivity index (χ3n) is 3.78. The summed E-state index contributed by atoms with van der Waals surface area (Å²) in [7, 11) is 0. The van der Waals surface area contributed by atoms with E-state index in [0.29, 0.717) is 25.5 Å². The molecule has 1 atom stereocenters. The fourth-order valence-electron chi connectivity index (χ4n) is 2.25. The van der Waals surface area contributed by atoms with Crippen LogP contribution in [0.25, 0.3) is 0 Å². The van der Waals surface area contributed by atoms with Gasteiger partial charge in [-0.3, -0.25) is 4.99 Å². The minimum atomic E-state index is -1.16. The molecule has 0 radical (unpaired) electrons. The lowest BCUT2D eigenvalue weighted by atomic mass is 9.99. The number of aryl methyl sites for hydroxylation is 1. The van der Waals surface area contributed by atoms with E-state index >= 15 is 0 Å².